The molecule has 2 aromatic heterocycles. The summed E-state index contributed by atoms with van der Waals surface area (Å²) in [6.45, 7) is 10.2. The molecule has 2 amide bonds. The quantitative estimate of drug-likeness (QED) is 0.447. The summed E-state index contributed by atoms with van der Waals surface area (Å²) in [7, 11) is 1.75. The first-order valence-electron chi connectivity index (χ1n) is 14.8. The summed E-state index contributed by atoms with van der Waals surface area (Å²) in [5.41, 5.74) is 4.23. The van der Waals surface area contributed by atoms with Crippen molar-refractivity contribution >= 4 is 22.7 Å². The second-order valence-electron chi connectivity index (χ2n) is 12.1. The Morgan fingerprint density at radius 1 is 1.12 bits per heavy atom. The fraction of sp³-hybridized carbons (Fsp3) is 0.531. The Bertz CT molecular complexity index is 1410. The van der Waals surface area contributed by atoms with Gasteiger partial charge in [-0.2, -0.15) is 0 Å². The largest absolute Gasteiger partial charge is 0.387 e. The lowest BCUT2D eigenvalue weighted by Crippen LogP contribution is -2.42. The molecule has 1 atom stereocenters. The van der Waals surface area contributed by atoms with Crippen molar-refractivity contribution in [2.45, 2.75) is 52.5 Å². The van der Waals surface area contributed by atoms with Crippen LogP contribution in [0.5, 0.6) is 0 Å². The van der Waals surface area contributed by atoms with E-state index in [0.717, 1.165) is 74.9 Å². The molecule has 0 radical (unpaired) electrons. The van der Waals surface area contributed by atoms with Crippen LogP contribution < -0.4 is 0 Å². The van der Waals surface area contributed by atoms with Crippen LogP contribution in [-0.4, -0.2) is 93.6 Å². The van der Waals surface area contributed by atoms with Crippen LogP contribution in [0.25, 0.3) is 16.6 Å². The summed E-state index contributed by atoms with van der Waals surface area (Å²) >= 11 is 0. The minimum Gasteiger partial charge on any atom is -0.387 e. The first kappa shape index (κ1) is 29.2. The van der Waals surface area contributed by atoms with Gasteiger partial charge in [0.2, 0.25) is 5.91 Å². The molecule has 2 aliphatic rings. The molecule has 0 bridgehead atoms. The number of aryl methyl sites for hydroxylation is 1. The van der Waals surface area contributed by atoms with Gasteiger partial charge in [-0.3, -0.25) is 14.6 Å². The number of halogens is 1. The Morgan fingerprint density at radius 3 is 2.56 bits per heavy atom. The molecular formula is C32H42FN5O3. The number of benzene rings is 1. The zero-order valence-corrected chi connectivity index (χ0v) is 24.6. The van der Waals surface area contributed by atoms with Crippen molar-refractivity contribution in [3.63, 3.8) is 0 Å². The van der Waals surface area contributed by atoms with Gasteiger partial charge in [0.15, 0.2) is 0 Å². The van der Waals surface area contributed by atoms with Gasteiger partial charge in [-0.25, -0.2) is 4.39 Å². The summed E-state index contributed by atoms with van der Waals surface area (Å²) in [5, 5.41) is 10.3. The van der Waals surface area contributed by atoms with Gasteiger partial charge in [0.05, 0.1) is 23.0 Å². The van der Waals surface area contributed by atoms with Gasteiger partial charge in [-0.05, 0) is 94.2 Å². The number of aromatic nitrogens is 2. The lowest BCUT2D eigenvalue weighted by Gasteiger charge is -2.33. The average molecular weight is 564 g/mol. The van der Waals surface area contributed by atoms with Crippen molar-refractivity contribution in [1.29, 1.82) is 0 Å². The summed E-state index contributed by atoms with van der Waals surface area (Å²) in [6.07, 6.45) is 9.85. The van der Waals surface area contributed by atoms with Crippen molar-refractivity contribution in [2.75, 3.05) is 46.4 Å². The molecule has 0 saturated carbocycles. The highest BCUT2D eigenvalue weighted by Crippen LogP contribution is 2.33. The molecule has 220 valence electrons. The first-order chi connectivity index (χ1) is 19.7. The normalized spacial score (nSPS) is 18.5. The number of likely N-dealkylation sites (tertiary alicyclic amines) is 2. The molecule has 5 rings (SSSR count). The number of hydrogen-bond donors (Lipinski definition) is 1. The van der Waals surface area contributed by atoms with Gasteiger partial charge >= 0.3 is 0 Å². The minimum absolute atomic E-state index is 0.0135. The van der Waals surface area contributed by atoms with Crippen molar-refractivity contribution in [3.8, 4) is 5.69 Å². The van der Waals surface area contributed by atoms with E-state index in [9.17, 15) is 14.0 Å². The zero-order valence-electron chi connectivity index (χ0n) is 24.6. The number of nitrogens with zero attached hydrogens (tertiary/aromatic N) is 5. The van der Waals surface area contributed by atoms with Crippen LogP contribution in [0.3, 0.4) is 0 Å². The van der Waals surface area contributed by atoms with Gasteiger partial charge in [0.25, 0.3) is 5.91 Å². The van der Waals surface area contributed by atoms with Gasteiger partial charge in [-0.1, -0.05) is 0 Å². The number of aliphatic hydroxyl groups is 1. The van der Waals surface area contributed by atoms with Gasteiger partial charge in [-0.15, -0.1) is 0 Å². The molecule has 8 nitrogen and oxygen atoms in total. The maximum Gasteiger partial charge on any atom is 0.256 e. The third kappa shape index (κ3) is 6.16. The number of carbonyl (C=O) groups excluding carboxylic acids is 2. The maximum atomic E-state index is 14.4. The number of carbonyl (C=O) groups is 2. The summed E-state index contributed by atoms with van der Waals surface area (Å²) in [4.78, 5) is 35.6. The molecule has 0 spiro atoms. The van der Waals surface area contributed by atoms with Crippen LogP contribution in [0.2, 0.25) is 0 Å². The average Bonchev–Trinajstić information content (AvgIpc) is 3.57. The van der Waals surface area contributed by atoms with Crippen molar-refractivity contribution in [1.82, 2.24) is 24.3 Å². The number of hydrogen-bond acceptors (Lipinski definition) is 5. The predicted octanol–water partition coefficient (Wildman–Crippen LogP) is 4.05. The van der Waals surface area contributed by atoms with E-state index in [0.29, 0.717) is 23.1 Å². The number of pyridine rings is 1. The Labute approximate surface area is 241 Å². The molecule has 2 saturated heterocycles. The second-order valence-corrected chi connectivity index (χ2v) is 12.1. The third-order valence-electron chi connectivity index (χ3n) is 9.02. The molecular weight excluding hydrogens is 521 g/mol. The van der Waals surface area contributed by atoms with Crippen LogP contribution in [0, 0.1) is 24.6 Å². The van der Waals surface area contributed by atoms with Crippen LogP contribution in [0.4, 0.5) is 4.39 Å². The Hall–Kier alpha value is -3.30. The molecule has 3 aromatic rings. The van der Waals surface area contributed by atoms with Crippen molar-refractivity contribution < 1.29 is 19.1 Å². The number of rotatable bonds is 8. The lowest BCUT2D eigenvalue weighted by molar-refractivity contribution is -0.135. The van der Waals surface area contributed by atoms with Crippen LogP contribution in [-0.2, 0) is 11.2 Å². The number of piperidine rings is 1. The van der Waals surface area contributed by atoms with E-state index in [4.69, 9.17) is 5.11 Å². The predicted molar refractivity (Wildman–Crippen MR) is 158 cm³/mol. The van der Waals surface area contributed by atoms with Crippen molar-refractivity contribution in [3.05, 3.63) is 59.3 Å². The zero-order chi connectivity index (χ0) is 29.3. The van der Waals surface area contributed by atoms with E-state index in [2.05, 4.69) is 23.0 Å². The van der Waals surface area contributed by atoms with E-state index in [-0.39, 0.29) is 17.9 Å². The minimum atomic E-state index is -0.433. The first-order valence-corrected chi connectivity index (χ1v) is 14.8. The number of aliphatic hydroxyl groups excluding tert-OH is 1. The fourth-order valence-corrected chi connectivity index (χ4v) is 6.50. The number of fused-ring (bicyclic) bond motifs is 1. The summed E-state index contributed by atoms with van der Waals surface area (Å²) in [6, 6.07) is 4.43. The van der Waals surface area contributed by atoms with Gasteiger partial charge in [0, 0.05) is 57.0 Å². The molecule has 1 N–H and O–H groups in total. The van der Waals surface area contributed by atoms with E-state index >= 15 is 0 Å². The number of amides is 2. The molecule has 1 aromatic carbocycles. The van der Waals surface area contributed by atoms with Crippen LogP contribution >= 0.6 is 0 Å². The summed E-state index contributed by atoms with van der Waals surface area (Å²) < 4.78 is 16.4. The van der Waals surface area contributed by atoms with E-state index in [1.807, 2.05) is 30.8 Å². The lowest BCUT2D eigenvalue weighted by atomic mass is 9.95. The van der Waals surface area contributed by atoms with Gasteiger partial charge in [0.1, 0.15) is 12.4 Å². The fourth-order valence-electron chi connectivity index (χ4n) is 6.50. The Balaban J connectivity index is 1.35. The van der Waals surface area contributed by atoms with E-state index in [1.165, 1.54) is 17.7 Å². The topological polar surface area (TPSA) is 81.9 Å². The summed E-state index contributed by atoms with van der Waals surface area (Å²) in [5.74, 6) is 0.274. The van der Waals surface area contributed by atoms with Crippen molar-refractivity contribution in [2.24, 2.45) is 11.8 Å². The molecule has 0 aliphatic carbocycles. The third-order valence-corrected chi connectivity index (χ3v) is 9.02. The Morgan fingerprint density at radius 2 is 1.85 bits per heavy atom. The molecule has 4 heterocycles. The van der Waals surface area contributed by atoms with Gasteiger partial charge < -0.3 is 24.4 Å². The monoisotopic (exact) mass is 563 g/mol. The smallest absolute Gasteiger partial charge is 0.256 e. The molecule has 41 heavy (non-hydrogen) atoms. The highest BCUT2D eigenvalue weighted by Gasteiger charge is 2.29. The van der Waals surface area contributed by atoms with Crippen LogP contribution in [0.15, 0.2) is 36.8 Å². The second kappa shape index (κ2) is 12.3. The highest BCUT2D eigenvalue weighted by atomic mass is 19.1. The SMILES string of the molecule is Cc1cncc2c1c(C[C@H]1CCN(CC3CCN(C(=O)CO)CC3)C1)cn2-c1ccc(F)cc1C(=O)N(C)C(C)C. The van der Waals surface area contributed by atoms with E-state index < -0.39 is 12.4 Å². The highest BCUT2D eigenvalue weighted by molar-refractivity contribution is 5.99. The van der Waals surface area contributed by atoms with E-state index in [1.54, 1.807) is 22.9 Å². The molecule has 2 aliphatic heterocycles. The molecule has 0 unspecified atom stereocenters. The maximum absolute atomic E-state index is 14.4. The standard InChI is InChI=1S/C32H42FN5O3/c1-21(2)35(4)32(41)27-14-26(33)5-6-28(27)38-19-25(31-22(3)15-34-16-29(31)38)13-24-7-10-36(18-24)17-23-8-11-37(12-9-23)30(40)20-39/h5-6,14-16,19,21,23-24,39H,7-13,17-18,20H2,1-4H3/t24-/m1/s1. The molecule has 9 heteroatoms. The Kier molecular flexibility index (Phi) is 8.75. The van der Waals surface area contributed by atoms with Crippen LogP contribution in [0.1, 0.15) is 54.6 Å². The molecule has 2 fully saturated rings.